The van der Waals surface area contributed by atoms with Crippen molar-refractivity contribution < 1.29 is 8.85 Å². The quantitative estimate of drug-likeness (QED) is 0.387. The van der Waals surface area contributed by atoms with Gasteiger partial charge in [-0.25, -0.2) is 0 Å². The molecule has 0 aromatic heterocycles. The summed E-state index contributed by atoms with van der Waals surface area (Å²) in [5.41, 5.74) is 1.50. The van der Waals surface area contributed by atoms with Gasteiger partial charge in [-0.1, -0.05) is 53.2 Å². The van der Waals surface area contributed by atoms with Crippen LogP contribution in [0.3, 0.4) is 0 Å². The Morgan fingerprint density at radius 2 is 1.29 bits per heavy atom. The van der Waals surface area contributed by atoms with Crippen LogP contribution in [0.2, 0.25) is 36.3 Å². The molecule has 0 aliphatic heterocycles. The fraction of sp³-hybridized carbons (Fsp3) is 0.900. The van der Waals surface area contributed by atoms with Gasteiger partial charge in [0.05, 0.1) is 0 Å². The van der Waals surface area contributed by atoms with Crippen LogP contribution in [0.1, 0.15) is 54.9 Å². The summed E-state index contributed by atoms with van der Waals surface area (Å²) >= 11 is 0. The van der Waals surface area contributed by atoms with Crippen LogP contribution in [0.5, 0.6) is 0 Å². The van der Waals surface area contributed by atoms with Crippen LogP contribution < -0.4 is 0 Å². The lowest BCUT2D eigenvalue weighted by Crippen LogP contribution is -2.44. The minimum atomic E-state index is -1.67. The Hall–Kier alpha value is 0.0938. The van der Waals surface area contributed by atoms with Gasteiger partial charge in [0.15, 0.2) is 16.6 Å². The molecule has 4 heteroatoms. The molecule has 1 aliphatic rings. The molecule has 0 spiro atoms. The Morgan fingerprint density at radius 1 is 0.875 bits per heavy atom. The molecule has 0 radical (unpaired) electrons. The summed E-state index contributed by atoms with van der Waals surface area (Å²) in [6, 6.07) is 0. The predicted molar refractivity (Wildman–Crippen MR) is 112 cm³/mol. The lowest BCUT2D eigenvalue weighted by Gasteiger charge is -2.39. The molecular formula is C20H42O2Si2. The monoisotopic (exact) mass is 370 g/mol. The van der Waals surface area contributed by atoms with Gasteiger partial charge in [0.1, 0.15) is 0 Å². The van der Waals surface area contributed by atoms with E-state index in [4.69, 9.17) is 8.85 Å². The summed E-state index contributed by atoms with van der Waals surface area (Å²) in [4.78, 5) is 0. The first kappa shape index (κ1) is 22.1. The van der Waals surface area contributed by atoms with Gasteiger partial charge in [0.2, 0.25) is 0 Å². The SMILES string of the molecule is CC1=CC(CO[Si](C)(C)C(C)(C)C)C(CO[Si](C)(C)C(C)(C)C)C1. The highest BCUT2D eigenvalue weighted by molar-refractivity contribution is 6.74. The van der Waals surface area contributed by atoms with Crippen molar-refractivity contribution in [1.29, 1.82) is 0 Å². The van der Waals surface area contributed by atoms with E-state index in [0.29, 0.717) is 11.8 Å². The maximum absolute atomic E-state index is 6.52. The van der Waals surface area contributed by atoms with Gasteiger partial charge in [0.25, 0.3) is 0 Å². The zero-order chi connectivity index (χ0) is 19.0. The van der Waals surface area contributed by atoms with Crippen molar-refractivity contribution in [1.82, 2.24) is 0 Å². The second-order valence-electron chi connectivity index (χ2n) is 10.8. The molecule has 24 heavy (non-hydrogen) atoms. The van der Waals surface area contributed by atoms with Crippen molar-refractivity contribution >= 4 is 16.6 Å². The highest BCUT2D eigenvalue weighted by Crippen LogP contribution is 2.40. The first-order valence-corrected chi connectivity index (χ1v) is 15.3. The van der Waals surface area contributed by atoms with Crippen molar-refractivity contribution in [3.05, 3.63) is 11.6 Å². The molecular weight excluding hydrogens is 328 g/mol. The van der Waals surface area contributed by atoms with Gasteiger partial charge in [-0.05, 0) is 55.5 Å². The van der Waals surface area contributed by atoms with E-state index in [1.54, 1.807) is 0 Å². The lowest BCUT2D eigenvalue weighted by molar-refractivity contribution is 0.160. The van der Waals surface area contributed by atoms with Crippen LogP contribution in [0, 0.1) is 11.8 Å². The fourth-order valence-electron chi connectivity index (χ4n) is 2.55. The van der Waals surface area contributed by atoms with Crippen LogP contribution in [0.4, 0.5) is 0 Å². The third kappa shape index (κ3) is 5.55. The summed E-state index contributed by atoms with van der Waals surface area (Å²) in [7, 11) is -3.34. The summed E-state index contributed by atoms with van der Waals surface area (Å²) in [6.07, 6.45) is 3.60. The first-order valence-electron chi connectivity index (χ1n) is 9.52. The summed E-state index contributed by atoms with van der Waals surface area (Å²) in [5.74, 6) is 1.10. The number of hydrogen-bond donors (Lipinski definition) is 0. The first-order chi connectivity index (χ1) is 10.6. The highest BCUT2D eigenvalue weighted by Gasteiger charge is 2.40. The van der Waals surface area contributed by atoms with E-state index in [-0.39, 0.29) is 10.1 Å². The molecule has 0 aromatic rings. The Labute approximate surface area is 153 Å². The average molecular weight is 371 g/mol. The number of hydrogen-bond acceptors (Lipinski definition) is 2. The molecule has 2 nitrogen and oxygen atoms in total. The van der Waals surface area contributed by atoms with E-state index in [2.05, 4.69) is 80.7 Å². The van der Waals surface area contributed by atoms with Crippen molar-refractivity contribution in [3.8, 4) is 0 Å². The average Bonchev–Trinajstić information content (AvgIpc) is 2.72. The Kier molecular flexibility index (Phi) is 6.80. The van der Waals surface area contributed by atoms with Crippen LogP contribution >= 0.6 is 0 Å². The fourth-order valence-corrected chi connectivity index (χ4v) is 4.66. The van der Waals surface area contributed by atoms with Crippen LogP contribution in [0.15, 0.2) is 11.6 Å². The highest BCUT2D eigenvalue weighted by atomic mass is 28.4. The van der Waals surface area contributed by atoms with E-state index >= 15 is 0 Å². The normalized spacial score (nSPS) is 23.5. The Morgan fingerprint density at radius 3 is 1.71 bits per heavy atom. The molecule has 1 aliphatic carbocycles. The smallest absolute Gasteiger partial charge is 0.192 e. The van der Waals surface area contributed by atoms with Crippen LogP contribution in [-0.4, -0.2) is 29.8 Å². The predicted octanol–water partition coefficient (Wildman–Crippen LogP) is 6.61. The van der Waals surface area contributed by atoms with E-state index in [9.17, 15) is 0 Å². The molecule has 142 valence electrons. The second kappa shape index (κ2) is 7.38. The largest absolute Gasteiger partial charge is 0.417 e. The third-order valence-corrected chi connectivity index (χ3v) is 15.6. The molecule has 0 N–H and O–H groups in total. The molecule has 0 bridgehead atoms. The van der Waals surface area contributed by atoms with E-state index in [0.717, 1.165) is 13.2 Å². The Balaban J connectivity index is 2.67. The van der Waals surface area contributed by atoms with Gasteiger partial charge in [-0.3, -0.25) is 0 Å². The molecule has 0 aromatic carbocycles. The molecule has 2 unspecified atom stereocenters. The summed E-state index contributed by atoms with van der Waals surface area (Å²) in [5, 5.41) is 0.554. The number of rotatable bonds is 6. The van der Waals surface area contributed by atoms with E-state index < -0.39 is 16.6 Å². The molecule has 0 fully saturated rings. The zero-order valence-corrected chi connectivity index (χ0v) is 20.2. The lowest BCUT2D eigenvalue weighted by atomic mass is 9.97. The Bertz CT molecular complexity index is 453. The van der Waals surface area contributed by atoms with Crippen molar-refractivity contribution in [2.24, 2.45) is 11.8 Å². The van der Waals surface area contributed by atoms with Gasteiger partial charge in [-0.2, -0.15) is 0 Å². The minimum Gasteiger partial charge on any atom is -0.417 e. The summed E-state index contributed by atoms with van der Waals surface area (Å²) in [6.45, 7) is 27.3. The number of allylic oxidation sites excluding steroid dienone is 1. The molecule has 0 saturated heterocycles. The topological polar surface area (TPSA) is 18.5 Å². The maximum Gasteiger partial charge on any atom is 0.192 e. The molecule has 2 atom stereocenters. The minimum absolute atomic E-state index is 0.275. The van der Waals surface area contributed by atoms with Gasteiger partial charge >= 0.3 is 0 Å². The third-order valence-electron chi connectivity index (χ3n) is 6.60. The standard InChI is InChI=1S/C20H42O2Si2/c1-16-12-17(14-21-23(8,9)19(2,3)4)18(13-16)15-22-24(10,11)20(5,6)7/h12,17-18H,13-15H2,1-11H3. The zero-order valence-electron chi connectivity index (χ0n) is 18.2. The van der Waals surface area contributed by atoms with Crippen molar-refractivity contribution in [3.63, 3.8) is 0 Å². The molecule has 0 saturated carbocycles. The van der Waals surface area contributed by atoms with Crippen molar-refractivity contribution in [2.75, 3.05) is 13.2 Å². The molecule has 1 rings (SSSR count). The van der Waals surface area contributed by atoms with E-state index in [1.165, 1.54) is 12.0 Å². The van der Waals surface area contributed by atoms with Gasteiger partial charge in [0, 0.05) is 19.1 Å². The molecule has 0 heterocycles. The molecule has 0 amide bonds. The van der Waals surface area contributed by atoms with Crippen molar-refractivity contribution in [2.45, 2.75) is 91.2 Å². The van der Waals surface area contributed by atoms with Crippen LogP contribution in [-0.2, 0) is 8.85 Å². The van der Waals surface area contributed by atoms with Crippen LogP contribution in [0.25, 0.3) is 0 Å². The summed E-state index contributed by atoms with van der Waals surface area (Å²) < 4.78 is 13.0. The van der Waals surface area contributed by atoms with Gasteiger partial charge < -0.3 is 8.85 Å². The van der Waals surface area contributed by atoms with Gasteiger partial charge in [-0.15, -0.1) is 0 Å². The van der Waals surface area contributed by atoms with E-state index in [1.807, 2.05) is 0 Å². The second-order valence-corrected chi connectivity index (χ2v) is 20.4. The maximum atomic E-state index is 6.52.